The Bertz CT molecular complexity index is 959. The van der Waals surface area contributed by atoms with Crippen LogP contribution >= 0.6 is 0 Å². The first-order valence-electron chi connectivity index (χ1n) is 8.36. The van der Waals surface area contributed by atoms with Crippen molar-refractivity contribution in [3.05, 3.63) is 77.5 Å². The number of aliphatic hydroxyl groups excluding tert-OH is 1. The zero-order valence-corrected chi connectivity index (χ0v) is 14.0. The van der Waals surface area contributed by atoms with Gasteiger partial charge in [0.05, 0.1) is 23.9 Å². The number of anilines is 1. The summed E-state index contributed by atoms with van der Waals surface area (Å²) < 4.78 is 0. The van der Waals surface area contributed by atoms with E-state index in [9.17, 15) is 9.90 Å². The molecule has 0 aliphatic carbocycles. The minimum Gasteiger partial charge on any atom is -0.387 e. The fourth-order valence-electron chi connectivity index (χ4n) is 3.27. The lowest BCUT2D eigenvalue weighted by Crippen LogP contribution is -2.38. The topological polar surface area (TPSA) is 92.3 Å². The molecule has 1 aromatic heterocycles. The molecule has 0 radical (unpaired) electrons. The molecule has 0 saturated heterocycles. The number of amides is 1. The highest BCUT2D eigenvalue weighted by molar-refractivity contribution is 6.00. The van der Waals surface area contributed by atoms with Crippen molar-refractivity contribution in [2.45, 2.75) is 12.6 Å². The van der Waals surface area contributed by atoms with Crippen molar-refractivity contribution in [3.63, 3.8) is 0 Å². The third kappa shape index (κ3) is 2.91. The van der Waals surface area contributed by atoms with Gasteiger partial charge in [-0.05, 0) is 11.1 Å². The number of fused-ring (bicyclic) bond motifs is 1. The lowest BCUT2D eigenvalue weighted by atomic mass is 9.96. The van der Waals surface area contributed by atoms with Crippen molar-refractivity contribution in [1.29, 1.82) is 0 Å². The first-order chi connectivity index (χ1) is 12.6. The third-order valence-corrected chi connectivity index (χ3v) is 4.54. The first kappa shape index (κ1) is 16.2. The number of rotatable bonds is 2. The highest BCUT2D eigenvalue weighted by atomic mass is 16.3. The molecule has 0 fully saturated rings. The summed E-state index contributed by atoms with van der Waals surface area (Å²) in [6.45, 7) is 0.666. The second-order valence-corrected chi connectivity index (χ2v) is 6.26. The summed E-state index contributed by atoms with van der Waals surface area (Å²) in [5.74, 6) is -0.109. The summed E-state index contributed by atoms with van der Waals surface area (Å²) in [4.78, 5) is 23.1. The van der Waals surface area contributed by atoms with Crippen LogP contribution in [0.2, 0.25) is 0 Å². The molecule has 0 saturated carbocycles. The molecule has 0 unspecified atom stereocenters. The second-order valence-electron chi connectivity index (χ2n) is 6.26. The van der Waals surface area contributed by atoms with Crippen LogP contribution in [0.4, 0.5) is 5.95 Å². The first-order valence-corrected chi connectivity index (χ1v) is 8.36. The number of nitrogens with zero attached hydrogens (tertiary/aromatic N) is 3. The molecule has 3 N–H and O–H groups in total. The van der Waals surface area contributed by atoms with Crippen LogP contribution in [0.15, 0.2) is 60.8 Å². The highest BCUT2D eigenvalue weighted by Crippen LogP contribution is 2.29. The molecule has 1 amide bonds. The van der Waals surface area contributed by atoms with E-state index in [0.717, 1.165) is 16.7 Å². The molecule has 0 bridgehead atoms. The number of nitrogen functional groups attached to an aromatic ring is 1. The fourth-order valence-corrected chi connectivity index (χ4v) is 3.27. The van der Waals surface area contributed by atoms with Gasteiger partial charge in [0.2, 0.25) is 5.95 Å². The predicted molar refractivity (Wildman–Crippen MR) is 98.0 cm³/mol. The molecule has 2 aromatic carbocycles. The number of carbonyl (C=O) groups excluding carboxylic acids is 1. The Kier molecular flexibility index (Phi) is 4.10. The normalized spacial score (nSPS) is 16.2. The Labute approximate surface area is 150 Å². The van der Waals surface area contributed by atoms with Crippen molar-refractivity contribution in [3.8, 4) is 11.3 Å². The lowest BCUT2D eigenvalue weighted by molar-refractivity contribution is 0.0550. The van der Waals surface area contributed by atoms with Crippen LogP contribution < -0.4 is 5.73 Å². The number of hydrogen-bond donors (Lipinski definition) is 2. The number of benzene rings is 2. The Morgan fingerprint density at radius 3 is 2.65 bits per heavy atom. The summed E-state index contributed by atoms with van der Waals surface area (Å²) in [6, 6.07) is 17.0. The smallest absolute Gasteiger partial charge is 0.258 e. The van der Waals surface area contributed by atoms with Crippen molar-refractivity contribution in [2.75, 3.05) is 12.3 Å². The lowest BCUT2D eigenvalue weighted by Gasteiger charge is -2.32. The van der Waals surface area contributed by atoms with Gasteiger partial charge >= 0.3 is 0 Å². The zero-order chi connectivity index (χ0) is 18.1. The van der Waals surface area contributed by atoms with Gasteiger partial charge in [-0.15, -0.1) is 0 Å². The maximum absolute atomic E-state index is 13.2. The Morgan fingerprint density at radius 1 is 1.12 bits per heavy atom. The number of β-amino-alcohol motifs (C(OH)–C–C–N with tert-alkyl or cyclic N) is 1. The standard InChI is InChI=1S/C20H18N4O2/c21-20-22-10-16(18(23-20)13-6-2-1-3-7-13)19(26)24-11-14-8-4-5-9-15(14)17(25)12-24/h1-10,17,25H,11-12H2,(H2,21,22,23)/t17-/m1/s1. The predicted octanol–water partition coefficient (Wildman–Crippen LogP) is 2.42. The van der Waals surface area contributed by atoms with Crippen LogP contribution in [-0.2, 0) is 6.54 Å². The Morgan fingerprint density at radius 2 is 1.85 bits per heavy atom. The highest BCUT2D eigenvalue weighted by Gasteiger charge is 2.29. The number of hydrogen-bond acceptors (Lipinski definition) is 5. The largest absolute Gasteiger partial charge is 0.387 e. The van der Waals surface area contributed by atoms with Gasteiger partial charge in [-0.25, -0.2) is 9.97 Å². The van der Waals surface area contributed by atoms with E-state index in [1.165, 1.54) is 6.20 Å². The SMILES string of the molecule is Nc1ncc(C(=O)N2Cc3ccccc3[C@H](O)C2)c(-c2ccccc2)n1. The second kappa shape index (κ2) is 6.57. The van der Waals surface area contributed by atoms with E-state index >= 15 is 0 Å². The number of nitrogens with two attached hydrogens (primary N) is 1. The van der Waals surface area contributed by atoms with Gasteiger partial charge in [0.1, 0.15) is 0 Å². The molecule has 6 heteroatoms. The monoisotopic (exact) mass is 346 g/mol. The molecule has 4 rings (SSSR count). The number of aromatic nitrogens is 2. The van der Waals surface area contributed by atoms with Crippen LogP contribution in [0, 0.1) is 0 Å². The molecular formula is C20H18N4O2. The van der Waals surface area contributed by atoms with Crippen molar-refractivity contribution in [1.82, 2.24) is 14.9 Å². The molecule has 6 nitrogen and oxygen atoms in total. The van der Waals surface area contributed by atoms with Crippen LogP contribution in [0.1, 0.15) is 27.6 Å². The fraction of sp³-hybridized carbons (Fsp3) is 0.150. The molecule has 1 aliphatic heterocycles. The molecule has 1 atom stereocenters. The number of carbonyl (C=O) groups is 1. The zero-order valence-electron chi connectivity index (χ0n) is 14.0. The molecule has 2 heterocycles. The third-order valence-electron chi connectivity index (χ3n) is 4.54. The molecule has 3 aromatic rings. The van der Waals surface area contributed by atoms with E-state index < -0.39 is 6.10 Å². The average Bonchev–Trinajstić information content (AvgIpc) is 2.68. The number of aliphatic hydroxyl groups is 1. The van der Waals surface area contributed by atoms with Gasteiger partial charge < -0.3 is 15.7 Å². The van der Waals surface area contributed by atoms with E-state index in [4.69, 9.17) is 5.73 Å². The minimum absolute atomic E-state index is 0.115. The molecule has 1 aliphatic rings. The van der Waals surface area contributed by atoms with E-state index in [2.05, 4.69) is 9.97 Å². The van der Waals surface area contributed by atoms with Crippen molar-refractivity contribution >= 4 is 11.9 Å². The van der Waals surface area contributed by atoms with E-state index in [0.29, 0.717) is 17.8 Å². The van der Waals surface area contributed by atoms with Crippen molar-refractivity contribution in [2.24, 2.45) is 0 Å². The van der Waals surface area contributed by atoms with E-state index in [1.807, 2.05) is 54.6 Å². The van der Waals surface area contributed by atoms with Crippen LogP contribution in [0.25, 0.3) is 11.3 Å². The van der Waals surface area contributed by atoms with Crippen LogP contribution in [0.5, 0.6) is 0 Å². The summed E-state index contributed by atoms with van der Waals surface area (Å²) in [6.07, 6.45) is 0.749. The molecular weight excluding hydrogens is 328 g/mol. The van der Waals surface area contributed by atoms with Gasteiger partial charge in [-0.1, -0.05) is 54.6 Å². The van der Waals surface area contributed by atoms with Gasteiger partial charge in [0.25, 0.3) is 5.91 Å². The van der Waals surface area contributed by atoms with Gasteiger partial charge in [0, 0.05) is 18.3 Å². The minimum atomic E-state index is -0.709. The Hall–Kier alpha value is -3.25. The summed E-state index contributed by atoms with van der Waals surface area (Å²) in [5, 5.41) is 10.4. The quantitative estimate of drug-likeness (QED) is 0.743. The van der Waals surface area contributed by atoms with Crippen LogP contribution in [-0.4, -0.2) is 32.4 Å². The maximum Gasteiger partial charge on any atom is 0.258 e. The Balaban J connectivity index is 1.72. The average molecular weight is 346 g/mol. The van der Waals surface area contributed by atoms with Gasteiger partial charge in [-0.2, -0.15) is 0 Å². The van der Waals surface area contributed by atoms with Crippen molar-refractivity contribution < 1.29 is 9.90 Å². The molecule has 26 heavy (non-hydrogen) atoms. The molecule has 130 valence electrons. The summed E-state index contributed by atoms with van der Waals surface area (Å²) in [7, 11) is 0. The maximum atomic E-state index is 13.2. The summed E-state index contributed by atoms with van der Waals surface area (Å²) >= 11 is 0. The summed E-state index contributed by atoms with van der Waals surface area (Å²) in [5.41, 5.74) is 9.22. The van der Waals surface area contributed by atoms with Gasteiger partial charge in [0.15, 0.2) is 0 Å². The van der Waals surface area contributed by atoms with Crippen LogP contribution in [0.3, 0.4) is 0 Å². The molecule has 0 spiro atoms. The van der Waals surface area contributed by atoms with E-state index in [-0.39, 0.29) is 18.4 Å². The van der Waals surface area contributed by atoms with Gasteiger partial charge in [-0.3, -0.25) is 4.79 Å². The van der Waals surface area contributed by atoms with E-state index in [1.54, 1.807) is 4.90 Å².